The number of amides is 1. The number of benzene rings is 1. The Bertz CT molecular complexity index is 958. The number of methoxy groups -OCH3 is 1. The molecule has 1 spiro atoms. The summed E-state index contributed by atoms with van der Waals surface area (Å²) in [6, 6.07) is 10.8. The number of nitrogens with zero attached hydrogens (tertiary/aromatic N) is 1. The Balaban J connectivity index is 1.47. The third kappa shape index (κ3) is 2.97. The molecule has 5 nitrogen and oxygen atoms in total. The summed E-state index contributed by atoms with van der Waals surface area (Å²) in [7, 11) is 1.64. The molecule has 5 heteroatoms. The minimum atomic E-state index is 0.0860. The van der Waals surface area contributed by atoms with Gasteiger partial charge in [0, 0.05) is 37.8 Å². The van der Waals surface area contributed by atoms with Gasteiger partial charge in [0.1, 0.15) is 0 Å². The zero-order valence-electron chi connectivity index (χ0n) is 18.2. The SMILES string of the molecule is COCCC(=O)N[C@@H]1C(C)(C)[C@@H]2C[C@@H]3[C@@H](c4ccc5ncccc5c4)OCC[C@@]31C2. The average Bonchev–Trinajstić information content (AvgIpc) is 3.24. The minimum absolute atomic E-state index is 0.0860. The van der Waals surface area contributed by atoms with Crippen molar-refractivity contribution >= 4 is 16.8 Å². The Morgan fingerprint density at radius 1 is 1.33 bits per heavy atom. The van der Waals surface area contributed by atoms with E-state index in [0.717, 1.165) is 23.9 Å². The molecule has 1 aromatic heterocycles. The van der Waals surface area contributed by atoms with E-state index in [4.69, 9.17) is 9.47 Å². The third-order valence-corrected chi connectivity index (χ3v) is 8.30. The lowest BCUT2D eigenvalue weighted by atomic mass is 9.58. The number of hydrogen-bond donors (Lipinski definition) is 1. The van der Waals surface area contributed by atoms with Crippen LogP contribution in [0, 0.1) is 22.7 Å². The van der Waals surface area contributed by atoms with Gasteiger partial charge in [0.25, 0.3) is 0 Å². The lowest BCUT2D eigenvalue weighted by molar-refractivity contribution is -0.137. The van der Waals surface area contributed by atoms with Crippen LogP contribution in [-0.4, -0.2) is 37.3 Å². The largest absolute Gasteiger partial charge is 0.384 e. The normalized spacial score (nSPS) is 34.1. The van der Waals surface area contributed by atoms with Crippen molar-refractivity contribution in [1.82, 2.24) is 10.3 Å². The number of aromatic nitrogens is 1. The molecule has 1 N–H and O–H groups in total. The summed E-state index contributed by atoms with van der Waals surface area (Å²) in [5, 5.41) is 4.60. The van der Waals surface area contributed by atoms with Gasteiger partial charge in [0.2, 0.25) is 5.91 Å². The Morgan fingerprint density at radius 2 is 2.20 bits per heavy atom. The molecular formula is C25H32N2O3. The fraction of sp³-hybridized carbons (Fsp3) is 0.600. The van der Waals surface area contributed by atoms with Gasteiger partial charge in [-0.1, -0.05) is 26.0 Å². The zero-order valence-corrected chi connectivity index (χ0v) is 18.2. The number of ether oxygens (including phenoxy) is 2. The average molecular weight is 409 g/mol. The van der Waals surface area contributed by atoms with E-state index in [1.807, 2.05) is 12.3 Å². The predicted molar refractivity (Wildman–Crippen MR) is 116 cm³/mol. The van der Waals surface area contributed by atoms with Crippen molar-refractivity contribution < 1.29 is 14.3 Å². The lowest BCUT2D eigenvalue weighted by Crippen LogP contribution is -2.59. The van der Waals surface area contributed by atoms with E-state index in [0.29, 0.717) is 24.9 Å². The molecule has 0 radical (unpaired) electrons. The second kappa shape index (κ2) is 7.31. The molecule has 2 aliphatic carbocycles. The van der Waals surface area contributed by atoms with Gasteiger partial charge in [0.05, 0.1) is 18.2 Å². The molecule has 5 atom stereocenters. The summed E-state index contributed by atoms with van der Waals surface area (Å²) in [5.74, 6) is 1.16. The smallest absolute Gasteiger partial charge is 0.222 e. The van der Waals surface area contributed by atoms with Gasteiger partial charge >= 0.3 is 0 Å². The number of fused-ring (bicyclic) bond motifs is 2. The van der Waals surface area contributed by atoms with Crippen molar-refractivity contribution in [3.8, 4) is 0 Å². The molecule has 1 aliphatic heterocycles. The Morgan fingerprint density at radius 3 is 3.03 bits per heavy atom. The quantitative estimate of drug-likeness (QED) is 0.803. The highest BCUT2D eigenvalue weighted by atomic mass is 16.5. The second-order valence-electron chi connectivity index (χ2n) is 10.0. The molecule has 1 amide bonds. The van der Waals surface area contributed by atoms with Crippen molar-refractivity contribution in [3.63, 3.8) is 0 Å². The van der Waals surface area contributed by atoms with Crippen LogP contribution in [0.1, 0.15) is 51.2 Å². The van der Waals surface area contributed by atoms with Gasteiger partial charge in [-0.3, -0.25) is 9.78 Å². The first-order valence-corrected chi connectivity index (χ1v) is 11.2. The van der Waals surface area contributed by atoms with E-state index in [9.17, 15) is 4.79 Å². The van der Waals surface area contributed by atoms with Crippen molar-refractivity contribution in [2.24, 2.45) is 22.7 Å². The van der Waals surface area contributed by atoms with Crippen LogP contribution < -0.4 is 5.32 Å². The van der Waals surface area contributed by atoms with Gasteiger partial charge in [-0.25, -0.2) is 0 Å². The van der Waals surface area contributed by atoms with Crippen molar-refractivity contribution in [3.05, 3.63) is 42.1 Å². The number of hydrogen-bond acceptors (Lipinski definition) is 4. The van der Waals surface area contributed by atoms with E-state index >= 15 is 0 Å². The monoisotopic (exact) mass is 408 g/mol. The molecule has 3 fully saturated rings. The van der Waals surface area contributed by atoms with E-state index in [1.165, 1.54) is 18.4 Å². The fourth-order valence-corrected chi connectivity index (χ4v) is 6.82. The first kappa shape index (κ1) is 20.0. The molecule has 2 bridgehead atoms. The topological polar surface area (TPSA) is 60.5 Å². The molecule has 1 aromatic carbocycles. The van der Waals surface area contributed by atoms with Crippen LogP contribution in [0.25, 0.3) is 10.9 Å². The van der Waals surface area contributed by atoms with Crippen LogP contribution in [-0.2, 0) is 14.3 Å². The van der Waals surface area contributed by atoms with Crippen molar-refractivity contribution in [2.75, 3.05) is 20.3 Å². The van der Waals surface area contributed by atoms with Gasteiger partial charge < -0.3 is 14.8 Å². The number of rotatable bonds is 5. The zero-order chi connectivity index (χ0) is 20.9. The van der Waals surface area contributed by atoms with E-state index < -0.39 is 0 Å². The maximum atomic E-state index is 12.7. The molecule has 2 heterocycles. The van der Waals surface area contributed by atoms with E-state index in [2.05, 4.69) is 48.4 Å². The van der Waals surface area contributed by atoms with Crippen LogP contribution in [0.5, 0.6) is 0 Å². The first-order chi connectivity index (χ1) is 14.5. The third-order valence-electron chi connectivity index (χ3n) is 8.30. The standard InChI is InChI=1S/C25H32N2O3/c1-24(2)18-14-19-22(17-6-7-20-16(13-17)5-4-10-26-20)30-12-9-25(19,15-18)23(24)27-21(28)8-11-29-3/h4-7,10,13,18-19,22-23H,8-9,11-12,14-15H2,1-3H3,(H,27,28)/t18-,19-,22-,23-,25-/m1/s1. The van der Waals surface area contributed by atoms with Crippen molar-refractivity contribution in [1.29, 1.82) is 0 Å². The molecule has 2 aromatic rings. The summed E-state index contributed by atoms with van der Waals surface area (Å²) in [5.41, 5.74) is 2.48. The van der Waals surface area contributed by atoms with Crippen LogP contribution in [0.2, 0.25) is 0 Å². The number of pyridine rings is 1. The molecule has 2 saturated carbocycles. The number of nitrogens with one attached hydrogen (secondary N) is 1. The Hall–Kier alpha value is -1.98. The predicted octanol–water partition coefficient (Wildman–Crippen LogP) is 4.27. The summed E-state index contributed by atoms with van der Waals surface area (Å²) in [4.78, 5) is 17.1. The second-order valence-corrected chi connectivity index (χ2v) is 10.0. The molecule has 3 aliphatic rings. The molecule has 1 saturated heterocycles. The summed E-state index contributed by atoms with van der Waals surface area (Å²) in [6.45, 7) is 5.90. The van der Waals surface area contributed by atoms with Crippen LogP contribution >= 0.6 is 0 Å². The van der Waals surface area contributed by atoms with Crippen LogP contribution in [0.15, 0.2) is 36.5 Å². The van der Waals surface area contributed by atoms with Crippen molar-refractivity contribution in [2.45, 2.75) is 51.7 Å². The summed E-state index contributed by atoms with van der Waals surface area (Å²) in [6.07, 6.45) is 5.73. The lowest BCUT2D eigenvalue weighted by Gasteiger charge is -2.53. The van der Waals surface area contributed by atoms with E-state index in [-0.39, 0.29) is 28.9 Å². The highest BCUT2D eigenvalue weighted by Gasteiger charge is 2.68. The van der Waals surface area contributed by atoms with Gasteiger partial charge in [0.15, 0.2) is 0 Å². The molecule has 5 rings (SSSR count). The maximum Gasteiger partial charge on any atom is 0.222 e. The summed E-state index contributed by atoms with van der Waals surface area (Å²) >= 11 is 0. The minimum Gasteiger partial charge on any atom is -0.384 e. The molecular weight excluding hydrogens is 376 g/mol. The van der Waals surface area contributed by atoms with Gasteiger partial charge in [-0.2, -0.15) is 0 Å². The van der Waals surface area contributed by atoms with E-state index in [1.54, 1.807) is 7.11 Å². The van der Waals surface area contributed by atoms with Crippen LogP contribution in [0.4, 0.5) is 0 Å². The summed E-state index contributed by atoms with van der Waals surface area (Å²) < 4.78 is 11.5. The van der Waals surface area contributed by atoms with Crippen LogP contribution in [0.3, 0.4) is 0 Å². The maximum absolute atomic E-state index is 12.7. The molecule has 160 valence electrons. The number of carbonyl (C=O) groups is 1. The fourth-order valence-electron chi connectivity index (χ4n) is 6.82. The number of carbonyl (C=O) groups excluding carboxylic acids is 1. The Labute approximate surface area is 178 Å². The van der Waals surface area contributed by atoms with Gasteiger partial charge in [-0.05, 0) is 65.7 Å². The Kier molecular flexibility index (Phi) is 4.86. The highest BCUT2D eigenvalue weighted by Crippen LogP contribution is 2.70. The highest BCUT2D eigenvalue weighted by molar-refractivity contribution is 5.79. The van der Waals surface area contributed by atoms with Gasteiger partial charge in [-0.15, -0.1) is 0 Å². The first-order valence-electron chi connectivity index (χ1n) is 11.2. The molecule has 0 unspecified atom stereocenters. The molecule has 30 heavy (non-hydrogen) atoms.